The van der Waals surface area contributed by atoms with Crippen molar-refractivity contribution in [2.45, 2.75) is 13.8 Å². The molecule has 0 bridgehead atoms. The molecule has 1 amide bonds. The summed E-state index contributed by atoms with van der Waals surface area (Å²) in [5.74, 6) is 0.345. The number of hydrogen-bond acceptors (Lipinski definition) is 6. The van der Waals surface area contributed by atoms with Gasteiger partial charge in [-0.3, -0.25) is 4.79 Å². The van der Waals surface area contributed by atoms with Crippen molar-refractivity contribution in [2.24, 2.45) is 5.10 Å². The molecule has 0 atom stereocenters. The maximum Gasteiger partial charge on any atom is 0.338 e. The Bertz CT molecular complexity index is 787. The summed E-state index contributed by atoms with van der Waals surface area (Å²) in [5, 5.41) is 3.91. The van der Waals surface area contributed by atoms with Crippen molar-refractivity contribution in [2.75, 3.05) is 19.8 Å². The van der Waals surface area contributed by atoms with Crippen molar-refractivity contribution in [3.8, 4) is 11.5 Å². The first kappa shape index (κ1) is 20.0. The number of para-hydroxylation sites is 1. The predicted octanol–water partition coefficient (Wildman–Crippen LogP) is 2.79. The van der Waals surface area contributed by atoms with E-state index in [2.05, 4.69) is 10.5 Å². The van der Waals surface area contributed by atoms with Gasteiger partial charge in [-0.25, -0.2) is 10.2 Å². The van der Waals surface area contributed by atoms with Gasteiger partial charge in [0.25, 0.3) is 5.91 Å². The summed E-state index contributed by atoms with van der Waals surface area (Å²) in [5.41, 5.74) is 3.57. The van der Waals surface area contributed by atoms with Crippen LogP contribution in [0.25, 0.3) is 0 Å². The third-order valence-electron chi connectivity index (χ3n) is 3.35. The maximum atomic E-state index is 11.8. The van der Waals surface area contributed by atoms with E-state index in [0.29, 0.717) is 30.3 Å². The van der Waals surface area contributed by atoms with Gasteiger partial charge in [-0.2, -0.15) is 5.10 Å². The van der Waals surface area contributed by atoms with Gasteiger partial charge in [0.05, 0.1) is 25.0 Å². The van der Waals surface area contributed by atoms with E-state index in [1.165, 1.54) is 6.21 Å². The van der Waals surface area contributed by atoms with Gasteiger partial charge in [0.1, 0.15) is 11.5 Å². The number of nitrogens with zero attached hydrogens (tertiary/aromatic N) is 1. The lowest BCUT2D eigenvalue weighted by atomic mass is 10.2. The molecular formula is C20H22N2O5. The number of ether oxygens (including phenoxy) is 3. The molecule has 2 aromatic carbocycles. The summed E-state index contributed by atoms with van der Waals surface area (Å²) < 4.78 is 15.7. The minimum atomic E-state index is -0.408. The van der Waals surface area contributed by atoms with Crippen molar-refractivity contribution in [3.63, 3.8) is 0 Å². The highest BCUT2D eigenvalue weighted by Gasteiger charge is 2.07. The van der Waals surface area contributed by atoms with Crippen LogP contribution in [-0.2, 0) is 9.53 Å². The molecule has 7 nitrogen and oxygen atoms in total. The Kier molecular flexibility index (Phi) is 7.84. The van der Waals surface area contributed by atoms with Crippen LogP contribution in [0.15, 0.2) is 53.6 Å². The molecule has 1 N–H and O–H groups in total. The second kappa shape index (κ2) is 10.6. The fourth-order valence-corrected chi connectivity index (χ4v) is 2.13. The number of hydrazone groups is 1. The Morgan fingerprint density at radius 3 is 2.44 bits per heavy atom. The van der Waals surface area contributed by atoms with Gasteiger partial charge in [-0.05, 0) is 50.2 Å². The SMILES string of the molecule is CCOC(=O)c1ccc(OCC(=O)N/N=C/c2ccccc2OCC)cc1. The number of carbonyl (C=O) groups is 2. The Morgan fingerprint density at radius 1 is 1.00 bits per heavy atom. The number of benzene rings is 2. The van der Waals surface area contributed by atoms with Crippen LogP contribution in [0.3, 0.4) is 0 Å². The molecule has 0 aliphatic rings. The van der Waals surface area contributed by atoms with Gasteiger partial charge < -0.3 is 14.2 Å². The molecule has 0 heterocycles. The fourth-order valence-electron chi connectivity index (χ4n) is 2.13. The molecule has 0 aliphatic heterocycles. The normalized spacial score (nSPS) is 10.4. The summed E-state index contributed by atoms with van der Waals surface area (Å²) in [6.07, 6.45) is 1.51. The lowest BCUT2D eigenvalue weighted by molar-refractivity contribution is -0.123. The summed E-state index contributed by atoms with van der Waals surface area (Å²) in [7, 11) is 0. The van der Waals surface area contributed by atoms with Gasteiger partial charge >= 0.3 is 5.97 Å². The Hall–Kier alpha value is -3.35. The average molecular weight is 370 g/mol. The number of carbonyl (C=O) groups excluding carboxylic acids is 2. The zero-order chi connectivity index (χ0) is 19.5. The highest BCUT2D eigenvalue weighted by molar-refractivity contribution is 5.89. The highest BCUT2D eigenvalue weighted by atomic mass is 16.5. The van der Waals surface area contributed by atoms with Crippen LogP contribution in [0.1, 0.15) is 29.8 Å². The van der Waals surface area contributed by atoms with E-state index < -0.39 is 11.9 Å². The number of amides is 1. The fraction of sp³-hybridized carbons (Fsp3) is 0.250. The Balaban J connectivity index is 1.82. The molecule has 2 aromatic rings. The molecule has 0 radical (unpaired) electrons. The van der Waals surface area contributed by atoms with Crippen molar-refractivity contribution in [1.29, 1.82) is 0 Å². The van der Waals surface area contributed by atoms with E-state index in [1.54, 1.807) is 31.2 Å². The molecule has 0 saturated heterocycles. The molecule has 142 valence electrons. The molecular weight excluding hydrogens is 348 g/mol. The number of esters is 1. The number of rotatable bonds is 9. The maximum absolute atomic E-state index is 11.8. The van der Waals surface area contributed by atoms with Gasteiger partial charge in [0.15, 0.2) is 6.61 Å². The van der Waals surface area contributed by atoms with Gasteiger partial charge in [0, 0.05) is 5.56 Å². The zero-order valence-corrected chi connectivity index (χ0v) is 15.3. The molecule has 2 rings (SSSR count). The monoisotopic (exact) mass is 370 g/mol. The van der Waals surface area contributed by atoms with Crippen molar-refractivity contribution < 1.29 is 23.8 Å². The molecule has 0 unspecified atom stereocenters. The zero-order valence-electron chi connectivity index (χ0n) is 15.3. The van der Waals surface area contributed by atoms with E-state index in [-0.39, 0.29) is 6.61 Å². The van der Waals surface area contributed by atoms with Crippen LogP contribution in [0.4, 0.5) is 0 Å². The van der Waals surface area contributed by atoms with E-state index in [4.69, 9.17) is 14.2 Å². The van der Waals surface area contributed by atoms with Crippen molar-refractivity contribution in [1.82, 2.24) is 5.43 Å². The largest absolute Gasteiger partial charge is 0.493 e. The van der Waals surface area contributed by atoms with Gasteiger partial charge in [-0.15, -0.1) is 0 Å². The quantitative estimate of drug-likeness (QED) is 0.417. The molecule has 7 heteroatoms. The van der Waals surface area contributed by atoms with Crippen LogP contribution >= 0.6 is 0 Å². The first-order valence-electron chi connectivity index (χ1n) is 8.57. The van der Waals surface area contributed by atoms with Crippen molar-refractivity contribution in [3.05, 3.63) is 59.7 Å². The van der Waals surface area contributed by atoms with Crippen LogP contribution < -0.4 is 14.9 Å². The summed E-state index contributed by atoms with van der Waals surface area (Å²) in [6.45, 7) is 4.29. The lowest BCUT2D eigenvalue weighted by Gasteiger charge is -2.07. The molecule has 0 saturated carbocycles. The third kappa shape index (κ3) is 6.47. The third-order valence-corrected chi connectivity index (χ3v) is 3.35. The van der Waals surface area contributed by atoms with Crippen LogP contribution in [-0.4, -0.2) is 37.9 Å². The van der Waals surface area contributed by atoms with E-state index >= 15 is 0 Å². The summed E-state index contributed by atoms with van der Waals surface area (Å²) in [4.78, 5) is 23.4. The Labute approximate surface area is 157 Å². The van der Waals surface area contributed by atoms with E-state index in [0.717, 1.165) is 5.56 Å². The minimum Gasteiger partial charge on any atom is -0.493 e. The first-order valence-corrected chi connectivity index (χ1v) is 8.57. The first-order chi connectivity index (χ1) is 13.1. The van der Waals surface area contributed by atoms with Gasteiger partial charge in [0.2, 0.25) is 0 Å². The number of nitrogens with one attached hydrogen (secondary N) is 1. The Morgan fingerprint density at radius 2 is 1.74 bits per heavy atom. The average Bonchev–Trinajstić information content (AvgIpc) is 2.68. The molecule has 0 spiro atoms. The van der Waals surface area contributed by atoms with Crippen LogP contribution in [0.5, 0.6) is 11.5 Å². The smallest absolute Gasteiger partial charge is 0.338 e. The minimum absolute atomic E-state index is 0.205. The molecule has 0 fully saturated rings. The topological polar surface area (TPSA) is 86.2 Å². The van der Waals surface area contributed by atoms with Crippen LogP contribution in [0.2, 0.25) is 0 Å². The van der Waals surface area contributed by atoms with Crippen LogP contribution in [0, 0.1) is 0 Å². The molecule has 0 aliphatic carbocycles. The lowest BCUT2D eigenvalue weighted by Crippen LogP contribution is -2.24. The molecule has 0 aromatic heterocycles. The predicted molar refractivity (Wildman–Crippen MR) is 101 cm³/mol. The highest BCUT2D eigenvalue weighted by Crippen LogP contribution is 2.15. The van der Waals surface area contributed by atoms with Gasteiger partial charge in [-0.1, -0.05) is 12.1 Å². The molecule has 27 heavy (non-hydrogen) atoms. The second-order valence-electron chi connectivity index (χ2n) is 5.30. The van der Waals surface area contributed by atoms with E-state index in [1.807, 2.05) is 31.2 Å². The van der Waals surface area contributed by atoms with Crippen molar-refractivity contribution >= 4 is 18.1 Å². The number of hydrogen-bond donors (Lipinski definition) is 1. The second-order valence-corrected chi connectivity index (χ2v) is 5.30. The van der Waals surface area contributed by atoms with E-state index in [9.17, 15) is 9.59 Å². The summed E-state index contributed by atoms with van der Waals surface area (Å²) >= 11 is 0. The standard InChI is InChI=1S/C20H22N2O5/c1-3-25-18-8-6-5-7-16(18)13-21-22-19(23)14-27-17-11-9-15(10-12-17)20(24)26-4-2/h5-13H,3-4,14H2,1-2H3,(H,22,23)/b21-13+. The summed E-state index contributed by atoms with van der Waals surface area (Å²) in [6, 6.07) is 13.7.